The van der Waals surface area contributed by atoms with E-state index in [0.717, 1.165) is 57.8 Å². The van der Waals surface area contributed by atoms with Gasteiger partial charge in [0.05, 0.1) is 36.1 Å². The predicted molar refractivity (Wildman–Crippen MR) is 184 cm³/mol. The van der Waals surface area contributed by atoms with Crippen LogP contribution in [0.15, 0.2) is 42.6 Å². The lowest BCUT2D eigenvalue weighted by atomic mass is 10.0. The number of hydrogen-bond donors (Lipinski definition) is 4. The number of halogens is 1. The lowest BCUT2D eigenvalue weighted by Gasteiger charge is -2.41. The van der Waals surface area contributed by atoms with E-state index < -0.39 is 13.0 Å². The molecule has 1 aromatic heterocycles. The number of methoxy groups -OCH3 is 1. The zero-order valence-electron chi connectivity index (χ0n) is 26.1. The second kappa shape index (κ2) is 14.5. The van der Waals surface area contributed by atoms with Gasteiger partial charge in [-0.15, -0.1) is 0 Å². The quantitative estimate of drug-likeness (QED) is 0.191. The van der Waals surface area contributed by atoms with Crippen molar-refractivity contribution in [3.05, 3.63) is 47.6 Å². The Morgan fingerprint density at radius 3 is 2.49 bits per heavy atom. The third-order valence-electron chi connectivity index (χ3n) is 8.01. The number of carbonyl (C=O) groups excluding carboxylic acids is 1. The van der Waals surface area contributed by atoms with Gasteiger partial charge < -0.3 is 35.5 Å². The number of piperazine rings is 1. The Morgan fingerprint density at radius 2 is 1.80 bits per heavy atom. The third-order valence-corrected chi connectivity index (χ3v) is 9.83. The van der Waals surface area contributed by atoms with Gasteiger partial charge in [-0.05, 0) is 57.2 Å². The molecule has 2 aliphatic heterocycles. The summed E-state index contributed by atoms with van der Waals surface area (Å²) >= 11 is 6.47. The Labute approximate surface area is 269 Å². The number of rotatable bonds is 9. The van der Waals surface area contributed by atoms with Crippen LogP contribution in [0.25, 0.3) is 0 Å². The van der Waals surface area contributed by atoms with Gasteiger partial charge in [0.1, 0.15) is 17.9 Å². The molecular weight excluding hydrogens is 611 g/mol. The second-order valence-corrected chi connectivity index (χ2v) is 15.0. The molecule has 2 aliphatic rings. The molecule has 2 fully saturated rings. The van der Waals surface area contributed by atoms with Crippen LogP contribution < -0.4 is 36.2 Å². The monoisotopic (exact) mass is 650 g/mol. The third kappa shape index (κ3) is 8.08. The van der Waals surface area contributed by atoms with Crippen molar-refractivity contribution in [2.24, 2.45) is 0 Å². The Bertz CT molecular complexity index is 1640. The van der Waals surface area contributed by atoms with Crippen molar-refractivity contribution in [2.45, 2.75) is 25.8 Å². The molecule has 0 spiro atoms. The van der Waals surface area contributed by atoms with E-state index in [-0.39, 0.29) is 5.95 Å². The number of amides is 1. The van der Waals surface area contributed by atoms with Crippen LogP contribution in [0.3, 0.4) is 0 Å². The molecule has 0 aliphatic carbocycles. The summed E-state index contributed by atoms with van der Waals surface area (Å²) in [6.45, 7) is 11.0. The van der Waals surface area contributed by atoms with E-state index >= 15 is 0 Å². The van der Waals surface area contributed by atoms with E-state index in [9.17, 15) is 9.36 Å². The molecule has 0 saturated carbocycles. The van der Waals surface area contributed by atoms with Gasteiger partial charge in [-0.25, -0.2) is 4.98 Å². The van der Waals surface area contributed by atoms with Crippen LogP contribution in [-0.2, 0) is 9.36 Å². The summed E-state index contributed by atoms with van der Waals surface area (Å²) in [7, 11) is -0.970. The number of aromatic nitrogens is 2. The first-order valence-electron chi connectivity index (χ1n) is 15.0. The normalized spacial score (nSPS) is 16.0. The fourth-order valence-corrected chi connectivity index (χ4v) is 7.09. The maximum Gasteiger partial charge on any atom is 0.300 e. The van der Waals surface area contributed by atoms with Crippen molar-refractivity contribution in [1.82, 2.24) is 20.2 Å². The van der Waals surface area contributed by atoms with Gasteiger partial charge in [0.25, 0.3) is 5.91 Å². The average Bonchev–Trinajstić information content (AvgIpc) is 3.03. The summed E-state index contributed by atoms with van der Waals surface area (Å²) in [5.74, 6) is 6.01. The minimum absolute atomic E-state index is 0.254. The molecule has 0 unspecified atom stereocenters. The fraction of sp³-hybridized carbons (Fsp3) is 0.406. The largest absolute Gasteiger partial charge is 0.494 e. The Morgan fingerprint density at radius 1 is 1.07 bits per heavy atom. The average molecular weight is 651 g/mol. The molecule has 4 N–H and O–H groups in total. The van der Waals surface area contributed by atoms with E-state index in [4.69, 9.17) is 16.3 Å². The summed E-state index contributed by atoms with van der Waals surface area (Å²) in [5.41, 5.74) is 2.68. The van der Waals surface area contributed by atoms with Gasteiger partial charge in [-0.2, -0.15) is 4.98 Å². The molecule has 2 saturated heterocycles. The van der Waals surface area contributed by atoms with Crippen LogP contribution in [0.5, 0.6) is 5.75 Å². The lowest BCUT2D eigenvalue weighted by molar-refractivity contribution is -0.111. The van der Waals surface area contributed by atoms with Crippen LogP contribution in [-0.4, -0.2) is 86.5 Å². The first kappa shape index (κ1) is 32.6. The highest BCUT2D eigenvalue weighted by molar-refractivity contribution is 7.70. The number of nitrogens with one attached hydrogen (secondary N) is 4. The van der Waals surface area contributed by atoms with E-state index in [0.29, 0.717) is 45.0 Å². The van der Waals surface area contributed by atoms with Crippen LogP contribution in [0.2, 0.25) is 5.02 Å². The zero-order chi connectivity index (χ0) is 32.0. The molecule has 11 nitrogen and oxygen atoms in total. The van der Waals surface area contributed by atoms with Crippen molar-refractivity contribution >= 4 is 64.5 Å². The number of piperidine rings is 1. The molecule has 3 heterocycles. The zero-order valence-corrected chi connectivity index (χ0v) is 27.8. The van der Waals surface area contributed by atoms with E-state index in [1.165, 1.54) is 6.20 Å². The first-order chi connectivity index (χ1) is 21.7. The maximum absolute atomic E-state index is 12.9. The van der Waals surface area contributed by atoms with E-state index in [2.05, 4.69) is 52.9 Å². The highest BCUT2D eigenvalue weighted by Gasteiger charge is 2.28. The molecule has 0 atom stereocenters. The summed E-state index contributed by atoms with van der Waals surface area (Å²) in [5, 5.41) is 13.8. The van der Waals surface area contributed by atoms with Crippen LogP contribution in [0.1, 0.15) is 19.8 Å². The van der Waals surface area contributed by atoms with Crippen molar-refractivity contribution in [2.75, 3.05) is 80.6 Å². The Balaban J connectivity index is 1.42. The second-order valence-electron chi connectivity index (χ2n) is 11.4. The number of benzene rings is 2. The summed E-state index contributed by atoms with van der Waals surface area (Å²) in [6, 6.07) is 11.7. The van der Waals surface area contributed by atoms with Gasteiger partial charge in [0.2, 0.25) is 5.95 Å². The SMILES string of the molecule is CC#CC(=O)Nc1cc(Nc2ncc(Cl)c(Nc3ccccc3P(C)(C)=O)n2)c(OC)cc1N1CCC(N2CCNCC2)CC1. The van der Waals surface area contributed by atoms with E-state index in [1.807, 2.05) is 36.4 Å². The summed E-state index contributed by atoms with van der Waals surface area (Å²) in [6.07, 6.45) is 3.56. The van der Waals surface area contributed by atoms with Gasteiger partial charge in [0, 0.05) is 56.7 Å². The minimum Gasteiger partial charge on any atom is -0.494 e. The standard InChI is InChI=1S/C32H40ClN8O3P/c1-5-8-30(42)36-25-19-26(28(44-2)20-27(25)41-15-11-22(12-16-41)40-17-13-34-14-18-40)38-32-35-21-23(33)31(39-32)37-24-9-6-7-10-29(24)45(3,4)43/h6-7,9-10,19-22,34H,11-18H2,1-4H3,(H,36,42)(H2,35,37,38,39). The predicted octanol–water partition coefficient (Wildman–Crippen LogP) is 4.71. The molecule has 45 heavy (non-hydrogen) atoms. The molecule has 3 aromatic rings. The van der Waals surface area contributed by atoms with Gasteiger partial charge >= 0.3 is 0 Å². The fourth-order valence-electron chi connectivity index (χ4n) is 5.80. The van der Waals surface area contributed by atoms with Crippen molar-refractivity contribution in [3.63, 3.8) is 0 Å². The van der Waals surface area contributed by atoms with Crippen molar-refractivity contribution < 1.29 is 14.1 Å². The molecule has 1 amide bonds. The van der Waals surface area contributed by atoms with Crippen molar-refractivity contribution in [1.29, 1.82) is 0 Å². The van der Waals surface area contributed by atoms with Gasteiger partial charge in [-0.1, -0.05) is 29.7 Å². The summed E-state index contributed by atoms with van der Waals surface area (Å²) < 4.78 is 18.7. The highest BCUT2D eigenvalue weighted by Crippen LogP contribution is 2.41. The van der Waals surface area contributed by atoms with Gasteiger partial charge in [-0.3, -0.25) is 9.69 Å². The first-order valence-corrected chi connectivity index (χ1v) is 18.0. The minimum atomic E-state index is -2.57. The topological polar surface area (TPSA) is 124 Å². The number of nitrogens with zero attached hydrogens (tertiary/aromatic N) is 4. The van der Waals surface area contributed by atoms with Crippen LogP contribution in [0, 0.1) is 11.8 Å². The highest BCUT2D eigenvalue weighted by atomic mass is 35.5. The maximum atomic E-state index is 12.9. The number of carbonyl (C=O) groups is 1. The molecule has 13 heteroatoms. The Kier molecular flexibility index (Phi) is 10.5. The number of para-hydroxylation sites is 1. The molecular formula is C32H40ClN8O3P. The summed E-state index contributed by atoms with van der Waals surface area (Å²) in [4.78, 5) is 26.5. The molecule has 5 rings (SSSR count). The molecule has 0 radical (unpaired) electrons. The van der Waals surface area contributed by atoms with E-state index in [1.54, 1.807) is 27.4 Å². The number of ether oxygens (including phenoxy) is 1. The number of hydrogen-bond acceptors (Lipinski definition) is 10. The molecule has 0 bridgehead atoms. The van der Waals surface area contributed by atoms with Crippen molar-refractivity contribution in [3.8, 4) is 17.6 Å². The lowest BCUT2D eigenvalue weighted by Crippen LogP contribution is -2.52. The smallest absolute Gasteiger partial charge is 0.300 e. The Hall–Kier alpha value is -3.81. The molecule has 238 valence electrons. The van der Waals surface area contributed by atoms with Crippen LogP contribution in [0.4, 0.5) is 34.5 Å². The van der Waals surface area contributed by atoms with Crippen LogP contribution >= 0.6 is 18.7 Å². The number of anilines is 6. The molecule has 2 aromatic carbocycles. The van der Waals surface area contributed by atoms with Gasteiger partial charge in [0.15, 0.2) is 5.82 Å².